The lowest BCUT2D eigenvalue weighted by molar-refractivity contribution is 0.0851. The summed E-state index contributed by atoms with van der Waals surface area (Å²) in [5.41, 5.74) is 1.56. The number of carbonyl (C=O) groups is 1. The molecule has 0 unspecified atom stereocenters. The van der Waals surface area contributed by atoms with Gasteiger partial charge in [0.15, 0.2) is 0 Å². The SMILES string of the molecule is COc1ccc(C)c(C(=O)NC2(C)CCN(C)CC2)c1. The molecular formula is C16H24N2O2. The minimum absolute atomic E-state index is 0.00606. The van der Waals surface area contributed by atoms with E-state index in [1.165, 1.54) is 0 Å². The van der Waals surface area contributed by atoms with E-state index in [1.54, 1.807) is 7.11 Å². The number of carbonyl (C=O) groups excluding carboxylic acids is 1. The standard InChI is InChI=1S/C16H24N2O2/c1-12-5-6-13(20-4)11-14(12)15(19)17-16(2)7-9-18(3)10-8-16/h5-6,11H,7-10H2,1-4H3,(H,17,19). The number of methoxy groups -OCH3 is 1. The van der Waals surface area contributed by atoms with Crippen LogP contribution in [-0.2, 0) is 0 Å². The number of hydrogen-bond donors (Lipinski definition) is 1. The lowest BCUT2D eigenvalue weighted by atomic mass is 9.89. The van der Waals surface area contributed by atoms with Gasteiger partial charge >= 0.3 is 0 Å². The Morgan fingerprint density at radius 2 is 2.00 bits per heavy atom. The summed E-state index contributed by atoms with van der Waals surface area (Å²) in [7, 11) is 3.73. The summed E-state index contributed by atoms with van der Waals surface area (Å²) in [5, 5.41) is 3.20. The highest BCUT2D eigenvalue weighted by Crippen LogP contribution is 2.23. The molecule has 0 spiro atoms. The Morgan fingerprint density at radius 1 is 1.35 bits per heavy atom. The third-order valence-corrected chi connectivity index (χ3v) is 4.20. The van der Waals surface area contributed by atoms with Gasteiger partial charge in [0, 0.05) is 24.2 Å². The molecule has 1 aromatic carbocycles. The van der Waals surface area contributed by atoms with E-state index in [4.69, 9.17) is 4.74 Å². The molecule has 1 N–H and O–H groups in total. The average molecular weight is 276 g/mol. The summed E-state index contributed by atoms with van der Waals surface area (Å²) in [6, 6.07) is 5.61. The fourth-order valence-electron chi connectivity index (χ4n) is 2.55. The van der Waals surface area contributed by atoms with Crippen molar-refractivity contribution in [3.8, 4) is 5.75 Å². The molecule has 0 atom stereocenters. The van der Waals surface area contributed by atoms with Crippen molar-refractivity contribution in [2.45, 2.75) is 32.2 Å². The van der Waals surface area contributed by atoms with Gasteiger partial charge in [0.1, 0.15) is 5.75 Å². The monoisotopic (exact) mass is 276 g/mol. The molecule has 0 aromatic heterocycles. The highest BCUT2D eigenvalue weighted by Gasteiger charge is 2.30. The van der Waals surface area contributed by atoms with Crippen LogP contribution >= 0.6 is 0 Å². The topological polar surface area (TPSA) is 41.6 Å². The molecular weight excluding hydrogens is 252 g/mol. The van der Waals surface area contributed by atoms with Gasteiger partial charge in [0.05, 0.1) is 7.11 Å². The number of amides is 1. The molecule has 0 saturated carbocycles. The lowest BCUT2D eigenvalue weighted by Crippen LogP contribution is -2.52. The summed E-state index contributed by atoms with van der Waals surface area (Å²) >= 11 is 0. The van der Waals surface area contributed by atoms with Crippen LogP contribution in [-0.4, -0.2) is 43.6 Å². The number of aryl methyl sites for hydroxylation is 1. The van der Waals surface area contributed by atoms with Crippen molar-refractivity contribution in [3.63, 3.8) is 0 Å². The van der Waals surface area contributed by atoms with Crippen molar-refractivity contribution >= 4 is 5.91 Å². The second-order valence-corrected chi connectivity index (χ2v) is 6.00. The predicted molar refractivity (Wildman–Crippen MR) is 80.3 cm³/mol. The van der Waals surface area contributed by atoms with Crippen LogP contribution in [0.25, 0.3) is 0 Å². The summed E-state index contributed by atoms with van der Waals surface area (Å²) in [6.07, 6.45) is 1.97. The van der Waals surface area contributed by atoms with Crippen LogP contribution in [0.5, 0.6) is 5.75 Å². The van der Waals surface area contributed by atoms with E-state index in [9.17, 15) is 4.79 Å². The van der Waals surface area contributed by atoms with Gasteiger partial charge in [0.2, 0.25) is 0 Å². The Kier molecular flexibility index (Phi) is 4.33. The van der Waals surface area contributed by atoms with E-state index in [0.717, 1.165) is 31.5 Å². The first-order valence-electron chi connectivity index (χ1n) is 7.09. The molecule has 1 aliphatic heterocycles. The van der Waals surface area contributed by atoms with E-state index < -0.39 is 0 Å². The largest absolute Gasteiger partial charge is 0.497 e. The van der Waals surface area contributed by atoms with Crippen LogP contribution in [0.15, 0.2) is 18.2 Å². The number of rotatable bonds is 3. The van der Waals surface area contributed by atoms with E-state index in [2.05, 4.69) is 24.2 Å². The molecule has 1 heterocycles. The van der Waals surface area contributed by atoms with E-state index >= 15 is 0 Å². The molecule has 1 aliphatic rings. The Labute approximate surface area is 121 Å². The molecule has 1 aromatic rings. The molecule has 0 radical (unpaired) electrons. The molecule has 20 heavy (non-hydrogen) atoms. The quantitative estimate of drug-likeness (QED) is 0.920. The fraction of sp³-hybridized carbons (Fsp3) is 0.562. The van der Waals surface area contributed by atoms with Gasteiger partial charge in [-0.05, 0) is 51.4 Å². The van der Waals surface area contributed by atoms with Crippen LogP contribution in [0.1, 0.15) is 35.7 Å². The maximum Gasteiger partial charge on any atom is 0.252 e. The van der Waals surface area contributed by atoms with E-state index in [0.29, 0.717) is 11.3 Å². The van der Waals surface area contributed by atoms with Crippen molar-refractivity contribution in [2.24, 2.45) is 0 Å². The van der Waals surface area contributed by atoms with Crippen molar-refractivity contribution in [2.75, 3.05) is 27.2 Å². The number of likely N-dealkylation sites (tertiary alicyclic amines) is 1. The van der Waals surface area contributed by atoms with Gasteiger partial charge in [-0.15, -0.1) is 0 Å². The molecule has 4 heteroatoms. The Balaban J connectivity index is 2.12. The van der Waals surface area contributed by atoms with Gasteiger partial charge < -0.3 is 15.0 Å². The fourth-order valence-corrected chi connectivity index (χ4v) is 2.55. The van der Waals surface area contributed by atoms with Crippen LogP contribution in [0.2, 0.25) is 0 Å². The van der Waals surface area contributed by atoms with Gasteiger partial charge in [-0.1, -0.05) is 6.07 Å². The first-order valence-corrected chi connectivity index (χ1v) is 7.09. The lowest BCUT2D eigenvalue weighted by Gasteiger charge is -2.38. The minimum Gasteiger partial charge on any atom is -0.497 e. The smallest absolute Gasteiger partial charge is 0.252 e. The molecule has 4 nitrogen and oxygen atoms in total. The Morgan fingerprint density at radius 3 is 2.60 bits per heavy atom. The molecule has 2 rings (SSSR count). The molecule has 0 bridgehead atoms. The van der Waals surface area contributed by atoms with E-state index in [-0.39, 0.29) is 11.4 Å². The third kappa shape index (κ3) is 3.31. The molecule has 110 valence electrons. The average Bonchev–Trinajstić information content (AvgIpc) is 2.43. The highest BCUT2D eigenvalue weighted by molar-refractivity contribution is 5.96. The number of ether oxygens (including phenoxy) is 1. The number of nitrogens with zero attached hydrogens (tertiary/aromatic N) is 1. The van der Waals surface area contributed by atoms with E-state index in [1.807, 2.05) is 25.1 Å². The maximum atomic E-state index is 12.5. The summed E-state index contributed by atoms with van der Waals surface area (Å²) in [6.45, 7) is 6.13. The zero-order chi connectivity index (χ0) is 14.8. The van der Waals surface area contributed by atoms with Crippen LogP contribution in [0, 0.1) is 6.92 Å². The van der Waals surface area contributed by atoms with Crippen LogP contribution in [0.3, 0.4) is 0 Å². The molecule has 1 fully saturated rings. The zero-order valence-electron chi connectivity index (χ0n) is 12.8. The van der Waals surface area contributed by atoms with Crippen molar-refractivity contribution in [1.29, 1.82) is 0 Å². The van der Waals surface area contributed by atoms with Gasteiger partial charge in [-0.2, -0.15) is 0 Å². The van der Waals surface area contributed by atoms with Gasteiger partial charge in [-0.25, -0.2) is 0 Å². The first kappa shape index (κ1) is 14.9. The molecule has 1 saturated heterocycles. The predicted octanol–water partition coefficient (Wildman–Crippen LogP) is 2.22. The van der Waals surface area contributed by atoms with Crippen LogP contribution < -0.4 is 10.1 Å². The Hall–Kier alpha value is -1.55. The van der Waals surface area contributed by atoms with Crippen molar-refractivity contribution in [3.05, 3.63) is 29.3 Å². The summed E-state index contributed by atoms with van der Waals surface area (Å²) < 4.78 is 5.20. The van der Waals surface area contributed by atoms with Crippen LogP contribution in [0.4, 0.5) is 0 Å². The third-order valence-electron chi connectivity index (χ3n) is 4.20. The molecule has 0 aliphatic carbocycles. The second-order valence-electron chi connectivity index (χ2n) is 6.00. The normalized spacial score (nSPS) is 18.6. The minimum atomic E-state index is -0.112. The summed E-state index contributed by atoms with van der Waals surface area (Å²) in [4.78, 5) is 14.8. The van der Waals surface area contributed by atoms with Gasteiger partial charge in [0.25, 0.3) is 5.91 Å². The maximum absolute atomic E-state index is 12.5. The highest BCUT2D eigenvalue weighted by atomic mass is 16.5. The Bertz CT molecular complexity index is 491. The van der Waals surface area contributed by atoms with Crippen molar-refractivity contribution in [1.82, 2.24) is 10.2 Å². The second kappa shape index (κ2) is 5.83. The molecule has 1 amide bonds. The zero-order valence-corrected chi connectivity index (χ0v) is 12.8. The van der Waals surface area contributed by atoms with Gasteiger partial charge in [-0.3, -0.25) is 4.79 Å². The first-order chi connectivity index (χ1) is 9.43. The number of piperidine rings is 1. The summed E-state index contributed by atoms with van der Waals surface area (Å²) in [5.74, 6) is 0.711. The number of nitrogens with one attached hydrogen (secondary N) is 1. The van der Waals surface area contributed by atoms with Crippen molar-refractivity contribution < 1.29 is 9.53 Å². The number of hydrogen-bond acceptors (Lipinski definition) is 3. The number of benzene rings is 1.